The lowest BCUT2D eigenvalue weighted by molar-refractivity contribution is -0.274. The Kier molecular flexibility index (Phi) is 4.08. The normalized spacial score (nSPS) is 11.2. The standard InChI is InChI=1S/C13H10BrF3N2O/c14-8-1-6-12(11(18)7-8)19-9-2-4-10(5-3-9)20-13(15,16)17/h1-7,19H,18H2. The van der Waals surface area contributed by atoms with Crippen LogP contribution in [-0.2, 0) is 0 Å². The molecular formula is C13H10BrF3N2O. The summed E-state index contributed by atoms with van der Waals surface area (Å²) in [4.78, 5) is 0. The third-order valence-electron chi connectivity index (χ3n) is 2.38. The topological polar surface area (TPSA) is 47.3 Å². The summed E-state index contributed by atoms with van der Waals surface area (Å²) >= 11 is 3.29. The van der Waals surface area contributed by atoms with Crippen molar-refractivity contribution in [3.63, 3.8) is 0 Å². The van der Waals surface area contributed by atoms with Gasteiger partial charge in [0.1, 0.15) is 5.75 Å². The first-order valence-electron chi connectivity index (χ1n) is 5.51. The number of nitrogens with two attached hydrogens (primary N) is 1. The van der Waals surface area contributed by atoms with Gasteiger partial charge in [0.25, 0.3) is 0 Å². The molecule has 0 amide bonds. The van der Waals surface area contributed by atoms with Gasteiger partial charge in [-0.1, -0.05) is 15.9 Å². The smallest absolute Gasteiger partial charge is 0.406 e. The Morgan fingerprint density at radius 2 is 1.70 bits per heavy atom. The zero-order valence-corrected chi connectivity index (χ0v) is 11.6. The van der Waals surface area contributed by atoms with Gasteiger partial charge in [-0.15, -0.1) is 13.2 Å². The van der Waals surface area contributed by atoms with Crippen LogP contribution in [0.25, 0.3) is 0 Å². The van der Waals surface area contributed by atoms with Crippen LogP contribution in [0, 0.1) is 0 Å². The third-order valence-corrected chi connectivity index (χ3v) is 2.87. The molecule has 20 heavy (non-hydrogen) atoms. The van der Waals surface area contributed by atoms with E-state index in [1.165, 1.54) is 24.3 Å². The molecule has 0 aliphatic heterocycles. The maximum atomic E-state index is 12.0. The second-order valence-corrected chi connectivity index (χ2v) is 4.84. The Bertz CT molecular complexity index is 600. The zero-order chi connectivity index (χ0) is 14.8. The molecule has 2 aromatic rings. The van der Waals surface area contributed by atoms with E-state index in [-0.39, 0.29) is 5.75 Å². The molecule has 0 heterocycles. The van der Waals surface area contributed by atoms with E-state index in [0.717, 1.165) is 4.47 Å². The van der Waals surface area contributed by atoms with Crippen LogP contribution >= 0.6 is 15.9 Å². The molecule has 0 saturated heterocycles. The van der Waals surface area contributed by atoms with E-state index in [4.69, 9.17) is 5.73 Å². The van der Waals surface area contributed by atoms with Gasteiger partial charge in [-0.2, -0.15) is 0 Å². The quantitative estimate of drug-likeness (QED) is 0.793. The highest BCUT2D eigenvalue weighted by atomic mass is 79.9. The minimum atomic E-state index is -4.69. The third kappa shape index (κ3) is 4.06. The number of halogens is 4. The molecule has 0 saturated carbocycles. The van der Waals surface area contributed by atoms with Crippen molar-refractivity contribution >= 4 is 33.0 Å². The highest BCUT2D eigenvalue weighted by Crippen LogP contribution is 2.28. The van der Waals surface area contributed by atoms with Crippen molar-refractivity contribution in [2.75, 3.05) is 11.1 Å². The minimum absolute atomic E-state index is 0.271. The Labute approximate surface area is 121 Å². The first-order valence-corrected chi connectivity index (χ1v) is 6.31. The molecule has 0 radical (unpaired) electrons. The number of rotatable bonds is 3. The summed E-state index contributed by atoms with van der Waals surface area (Å²) in [6, 6.07) is 10.7. The van der Waals surface area contributed by atoms with Crippen molar-refractivity contribution in [3.05, 3.63) is 46.9 Å². The number of anilines is 3. The number of hydrogen-bond donors (Lipinski definition) is 2. The average molecular weight is 347 g/mol. The predicted molar refractivity (Wildman–Crippen MR) is 75.0 cm³/mol. The van der Waals surface area contributed by atoms with Crippen molar-refractivity contribution < 1.29 is 17.9 Å². The largest absolute Gasteiger partial charge is 0.573 e. The van der Waals surface area contributed by atoms with Gasteiger partial charge < -0.3 is 15.8 Å². The Morgan fingerprint density at radius 3 is 2.25 bits per heavy atom. The van der Waals surface area contributed by atoms with Crippen LogP contribution < -0.4 is 15.8 Å². The van der Waals surface area contributed by atoms with Crippen molar-refractivity contribution in [3.8, 4) is 5.75 Å². The van der Waals surface area contributed by atoms with Crippen LogP contribution in [0.1, 0.15) is 0 Å². The van der Waals surface area contributed by atoms with Crippen LogP contribution in [0.3, 0.4) is 0 Å². The first kappa shape index (κ1) is 14.5. The summed E-state index contributed by atoms with van der Waals surface area (Å²) in [5, 5.41) is 3.01. The molecule has 0 spiro atoms. The fourth-order valence-corrected chi connectivity index (χ4v) is 1.92. The van der Waals surface area contributed by atoms with E-state index in [1.54, 1.807) is 18.2 Å². The summed E-state index contributed by atoms with van der Waals surface area (Å²) in [6.45, 7) is 0. The van der Waals surface area contributed by atoms with E-state index in [0.29, 0.717) is 17.1 Å². The molecule has 2 rings (SSSR count). The van der Waals surface area contributed by atoms with Gasteiger partial charge in [-0.25, -0.2) is 0 Å². The second kappa shape index (κ2) is 5.62. The van der Waals surface area contributed by atoms with Gasteiger partial charge in [0.15, 0.2) is 0 Å². The monoisotopic (exact) mass is 346 g/mol. The lowest BCUT2D eigenvalue weighted by Gasteiger charge is -2.11. The van der Waals surface area contributed by atoms with Gasteiger partial charge >= 0.3 is 6.36 Å². The lowest BCUT2D eigenvalue weighted by atomic mass is 10.2. The number of benzene rings is 2. The van der Waals surface area contributed by atoms with E-state index in [9.17, 15) is 13.2 Å². The predicted octanol–water partition coefficient (Wildman–Crippen LogP) is 4.67. The highest BCUT2D eigenvalue weighted by Gasteiger charge is 2.30. The molecule has 0 atom stereocenters. The van der Waals surface area contributed by atoms with Crippen LogP contribution in [0.15, 0.2) is 46.9 Å². The van der Waals surface area contributed by atoms with Gasteiger partial charge in [0.05, 0.1) is 11.4 Å². The zero-order valence-electron chi connectivity index (χ0n) is 10.0. The molecule has 0 aromatic heterocycles. The Morgan fingerprint density at radius 1 is 1.05 bits per heavy atom. The van der Waals surface area contributed by atoms with Crippen molar-refractivity contribution in [2.45, 2.75) is 6.36 Å². The minimum Gasteiger partial charge on any atom is -0.406 e. The number of alkyl halides is 3. The summed E-state index contributed by atoms with van der Waals surface area (Å²) in [7, 11) is 0. The second-order valence-electron chi connectivity index (χ2n) is 3.93. The summed E-state index contributed by atoms with van der Waals surface area (Å²) in [5.41, 5.74) is 7.61. The number of hydrogen-bond acceptors (Lipinski definition) is 3. The highest BCUT2D eigenvalue weighted by molar-refractivity contribution is 9.10. The molecule has 0 aliphatic rings. The van der Waals surface area contributed by atoms with Crippen LogP contribution in [0.2, 0.25) is 0 Å². The summed E-state index contributed by atoms with van der Waals surface area (Å²) < 4.78 is 40.7. The molecule has 0 fully saturated rings. The summed E-state index contributed by atoms with van der Waals surface area (Å²) in [6.07, 6.45) is -4.69. The molecule has 3 nitrogen and oxygen atoms in total. The van der Waals surface area contributed by atoms with Crippen molar-refractivity contribution in [1.82, 2.24) is 0 Å². The van der Waals surface area contributed by atoms with Gasteiger partial charge in [-0.05, 0) is 42.5 Å². The number of ether oxygens (including phenoxy) is 1. The molecule has 106 valence electrons. The molecule has 0 aliphatic carbocycles. The van der Waals surface area contributed by atoms with Crippen LogP contribution in [-0.4, -0.2) is 6.36 Å². The van der Waals surface area contributed by atoms with E-state index in [1.807, 2.05) is 0 Å². The van der Waals surface area contributed by atoms with Crippen molar-refractivity contribution in [1.29, 1.82) is 0 Å². The van der Waals surface area contributed by atoms with Crippen LogP contribution in [0.4, 0.5) is 30.2 Å². The van der Waals surface area contributed by atoms with E-state index < -0.39 is 6.36 Å². The first-order chi connectivity index (χ1) is 9.33. The summed E-state index contributed by atoms with van der Waals surface area (Å²) in [5.74, 6) is -0.271. The van der Waals surface area contributed by atoms with Gasteiger partial charge in [-0.3, -0.25) is 0 Å². The lowest BCUT2D eigenvalue weighted by Crippen LogP contribution is -2.16. The van der Waals surface area contributed by atoms with Gasteiger partial charge in [0, 0.05) is 10.2 Å². The van der Waals surface area contributed by atoms with E-state index >= 15 is 0 Å². The molecule has 3 N–H and O–H groups in total. The van der Waals surface area contributed by atoms with Crippen molar-refractivity contribution in [2.24, 2.45) is 0 Å². The van der Waals surface area contributed by atoms with E-state index in [2.05, 4.69) is 26.0 Å². The number of nitrogens with one attached hydrogen (secondary N) is 1. The average Bonchev–Trinajstić information content (AvgIpc) is 2.33. The Hall–Kier alpha value is -1.89. The fourth-order valence-electron chi connectivity index (χ4n) is 1.54. The van der Waals surface area contributed by atoms with Crippen LogP contribution in [0.5, 0.6) is 5.75 Å². The Balaban J connectivity index is 2.11. The van der Waals surface area contributed by atoms with Gasteiger partial charge in [0.2, 0.25) is 0 Å². The molecule has 2 aromatic carbocycles. The maximum absolute atomic E-state index is 12.0. The molecule has 7 heteroatoms. The molecule has 0 unspecified atom stereocenters. The number of nitrogen functional groups attached to an aromatic ring is 1. The fraction of sp³-hybridized carbons (Fsp3) is 0.0769. The molecule has 0 bridgehead atoms. The maximum Gasteiger partial charge on any atom is 0.573 e. The SMILES string of the molecule is Nc1cc(Br)ccc1Nc1ccc(OC(F)(F)F)cc1. The molecular weight excluding hydrogens is 337 g/mol.